The van der Waals surface area contributed by atoms with Gasteiger partial charge in [0.25, 0.3) is 5.91 Å². The van der Waals surface area contributed by atoms with E-state index in [0.29, 0.717) is 30.8 Å². The largest absolute Gasteiger partial charge is 0.444 e. The first-order valence-electron chi connectivity index (χ1n) is 13.6. The summed E-state index contributed by atoms with van der Waals surface area (Å²) in [4.78, 5) is 42.7. The van der Waals surface area contributed by atoms with Crippen LogP contribution in [0.25, 0.3) is 0 Å². The lowest BCUT2D eigenvalue weighted by molar-refractivity contribution is -0.141. The minimum atomic E-state index is -0.874. The maximum atomic E-state index is 14.3. The lowest BCUT2D eigenvalue weighted by atomic mass is 9.94. The summed E-state index contributed by atoms with van der Waals surface area (Å²) in [5.41, 5.74) is 3.69. The molecule has 0 aliphatic heterocycles. The number of nitrogens with zero attached hydrogens (tertiary/aromatic N) is 1. The number of unbranched alkanes of at least 4 members (excludes halogenated alkanes) is 1. The van der Waals surface area contributed by atoms with Crippen LogP contribution in [-0.2, 0) is 14.3 Å². The molecule has 2 N–H and O–H groups in total. The van der Waals surface area contributed by atoms with Crippen molar-refractivity contribution in [3.63, 3.8) is 0 Å². The average molecular weight is 556 g/mol. The maximum absolute atomic E-state index is 14.3. The molecule has 3 amide bonds. The second-order valence-corrected chi connectivity index (χ2v) is 11.8. The summed E-state index contributed by atoms with van der Waals surface area (Å²) in [7, 11) is 0. The van der Waals surface area contributed by atoms with Crippen LogP contribution in [0, 0.1) is 20.8 Å². The Morgan fingerprint density at radius 3 is 2.28 bits per heavy atom. The quantitative estimate of drug-likeness (QED) is 0.309. The molecular formula is C31H45N3O4S. The number of hydrogen-bond donors (Lipinski definition) is 2. The molecule has 39 heavy (non-hydrogen) atoms. The molecule has 0 bridgehead atoms. The van der Waals surface area contributed by atoms with Crippen molar-refractivity contribution in [2.24, 2.45) is 0 Å². The molecule has 2 rings (SSSR count). The van der Waals surface area contributed by atoms with E-state index in [9.17, 15) is 14.4 Å². The molecule has 2 aromatic rings. The van der Waals surface area contributed by atoms with Crippen LogP contribution in [0.1, 0.15) is 75.3 Å². The average Bonchev–Trinajstić information content (AvgIpc) is 2.86. The van der Waals surface area contributed by atoms with E-state index >= 15 is 0 Å². The monoisotopic (exact) mass is 555 g/mol. The van der Waals surface area contributed by atoms with E-state index in [4.69, 9.17) is 4.74 Å². The van der Waals surface area contributed by atoms with E-state index in [2.05, 4.69) is 10.6 Å². The van der Waals surface area contributed by atoms with Crippen LogP contribution in [0.5, 0.6) is 0 Å². The second-order valence-electron chi connectivity index (χ2n) is 10.9. The smallest absolute Gasteiger partial charge is 0.408 e. The highest BCUT2D eigenvalue weighted by Gasteiger charge is 2.37. The number of aryl methyl sites for hydroxylation is 2. The number of rotatable bonds is 12. The number of benzene rings is 2. The number of alkyl carbamates (subject to hydrolysis) is 1. The number of ether oxygens (including phenoxy) is 1. The standard InChI is InChI=1S/C31H45N3O4S/c1-9-10-19-34(29(36)26(18-20-39-8)33-30(37)38-31(5,6)7)27(24-16-13-15-21(2)23(24)4)28(35)32-25-17-12-11-14-22(25)3/h11-17,26-27H,9-10,18-20H2,1-8H3,(H,32,35)(H,33,37). The van der Waals surface area contributed by atoms with Crippen molar-refractivity contribution >= 4 is 35.4 Å². The van der Waals surface area contributed by atoms with Gasteiger partial charge in [-0.1, -0.05) is 49.7 Å². The molecule has 2 atom stereocenters. The van der Waals surface area contributed by atoms with Crippen molar-refractivity contribution in [3.8, 4) is 0 Å². The van der Waals surface area contributed by atoms with E-state index in [1.165, 1.54) is 0 Å². The maximum Gasteiger partial charge on any atom is 0.408 e. The summed E-state index contributed by atoms with van der Waals surface area (Å²) in [6.07, 6.45) is 3.29. The van der Waals surface area contributed by atoms with Gasteiger partial charge in [-0.2, -0.15) is 11.8 Å². The molecule has 2 aromatic carbocycles. The number of thioether (sulfide) groups is 1. The van der Waals surface area contributed by atoms with Gasteiger partial charge in [-0.05, 0) is 94.7 Å². The zero-order valence-electron chi connectivity index (χ0n) is 24.7. The highest BCUT2D eigenvalue weighted by molar-refractivity contribution is 7.98. The fourth-order valence-corrected chi connectivity index (χ4v) is 4.74. The van der Waals surface area contributed by atoms with Crippen LogP contribution in [0.4, 0.5) is 10.5 Å². The normalized spacial score (nSPS) is 12.8. The summed E-state index contributed by atoms with van der Waals surface area (Å²) >= 11 is 1.59. The number of nitrogens with one attached hydrogen (secondary N) is 2. The Labute approximate surface area is 238 Å². The van der Waals surface area contributed by atoms with E-state index in [-0.39, 0.29) is 11.8 Å². The first-order valence-corrected chi connectivity index (χ1v) is 15.0. The number of hydrogen-bond acceptors (Lipinski definition) is 5. The zero-order chi connectivity index (χ0) is 29.2. The molecule has 0 aliphatic carbocycles. The predicted molar refractivity (Wildman–Crippen MR) is 161 cm³/mol. The molecule has 0 spiro atoms. The van der Waals surface area contributed by atoms with Gasteiger partial charge in [0.15, 0.2) is 0 Å². The molecule has 7 nitrogen and oxygen atoms in total. The van der Waals surface area contributed by atoms with Crippen molar-refractivity contribution < 1.29 is 19.1 Å². The summed E-state index contributed by atoms with van der Waals surface area (Å²) in [6.45, 7) is 13.7. The molecule has 0 aromatic heterocycles. The summed E-state index contributed by atoms with van der Waals surface area (Å²) in [5, 5.41) is 5.87. The molecule has 0 saturated heterocycles. The highest BCUT2D eigenvalue weighted by atomic mass is 32.2. The first-order chi connectivity index (χ1) is 18.4. The third-order valence-corrected chi connectivity index (χ3v) is 7.18. The number of para-hydroxylation sites is 1. The van der Waals surface area contributed by atoms with Crippen molar-refractivity contribution in [1.29, 1.82) is 0 Å². The SMILES string of the molecule is CCCCN(C(=O)C(CCSC)NC(=O)OC(C)(C)C)C(C(=O)Nc1ccccc1C)c1cccc(C)c1C. The molecule has 2 unspecified atom stereocenters. The van der Waals surface area contributed by atoms with Crippen molar-refractivity contribution in [3.05, 3.63) is 64.7 Å². The van der Waals surface area contributed by atoms with Gasteiger partial charge in [-0.25, -0.2) is 4.79 Å². The third kappa shape index (κ3) is 9.60. The zero-order valence-corrected chi connectivity index (χ0v) is 25.5. The van der Waals surface area contributed by atoms with Gasteiger partial charge < -0.3 is 20.3 Å². The van der Waals surface area contributed by atoms with Gasteiger partial charge in [-0.15, -0.1) is 0 Å². The van der Waals surface area contributed by atoms with Gasteiger partial charge >= 0.3 is 6.09 Å². The summed E-state index contributed by atoms with van der Waals surface area (Å²) in [5.74, 6) is 0.0784. The fraction of sp³-hybridized carbons (Fsp3) is 0.516. The predicted octanol–water partition coefficient (Wildman–Crippen LogP) is 6.57. The van der Waals surface area contributed by atoms with Crippen LogP contribution in [0.3, 0.4) is 0 Å². The minimum absolute atomic E-state index is 0.289. The molecular weight excluding hydrogens is 510 g/mol. The third-order valence-electron chi connectivity index (χ3n) is 6.54. The first kappa shape index (κ1) is 32.2. The lowest BCUT2D eigenvalue weighted by Gasteiger charge is -2.35. The van der Waals surface area contributed by atoms with Crippen molar-refractivity contribution in [2.75, 3.05) is 23.9 Å². The Bertz CT molecular complexity index is 1130. The Morgan fingerprint density at radius 1 is 1.00 bits per heavy atom. The Kier molecular flexibility index (Phi) is 12.4. The van der Waals surface area contributed by atoms with Crippen molar-refractivity contribution in [2.45, 2.75) is 85.4 Å². The molecule has 8 heteroatoms. The van der Waals surface area contributed by atoms with Crippen LogP contribution in [0.2, 0.25) is 0 Å². The lowest BCUT2D eigenvalue weighted by Crippen LogP contribution is -2.53. The van der Waals surface area contributed by atoms with E-state index in [1.54, 1.807) is 37.4 Å². The second kappa shape index (κ2) is 15.0. The van der Waals surface area contributed by atoms with E-state index in [1.807, 2.05) is 76.4 Å². The number of anilines is 1. The van der Waals surface area contributed by atoms with Gasteiger partial charge in [0.1, 0.15) is 17.7 Å². The molecule has 0 radical (unpaired) electrons. The minimum Gasteiger partial charge on any atom is -0.444 e. The molecule has 0 fully saturated rings. The number of carbonyl (C=O) groups excluding carboxylic acids is 3. The van der Waals surface area contributed by atoms with E-state index < -0.39 is 23.8 Å². The fourth-order valence-electron chi connectivity index (χ4n) is 4.27. The van der Waals surface area contributed by atoms with Crippen LogP contribution < -0.4 is 10.6 Å². The van der Waals surface area contributed by atoms with Crippen LogP contribution in [0.15, 0.2) is 42.5 Å². The molecule has 0 aliphatic rings. The highest BCUT2D eigenvalue weighted by Crippen LogP contribution is 2.30. The topological polar surface area (TPSA) is 87.7 Å². The van der Waals surface area contributed by atoms with Crippen LogP contribution in [-0.4, -0.2) is 53.0 Å². The Balaban J connectivity index is 2.57. The van der Waals surface area contributed by atoms with Gasteiger partial charge in [0.05, 0.1) is 0 Å². The Morgan fingerprint density at radius 2 is 1.67 bits per heavy atom. The summed E-state index contributed by atoms with van der Waals surface area (Å²) in [6, 6.07) is 11.7. The van der Waals surface area contributed by atoms with Gasteiger partial charge in [-0.3, -0.25) is 9.59 Å². The van der Waals surface area contributed by atoms with Gasteiger partial charge in [0, 0.05) is 12.2 Å². The Hall–Kier alpha value is -3.00. The molecule has 0 saturated carbocycles. The molecule has 214 valence electrons. The van der Waals surface area contributed by atoms with E-state index in [0.717, 1.165) is 28.7 Å². The number of carbonyl (C=O) groups is 3. The van der Waals surface area contributed by atoms with Crippen molar-refractivity contribution in [1.82, 2.24) is 10.2 Å². The summed E-state index contributed by atoms with van der Waals surface area (Å²) < 4.78 is 5.47. The van der Waals surface area contributed by atoms with Gasteiger partial charge in [0.2, 0.25) is 5.91 Å². The molecule has 0 heterocycles. The van der Waals surface area contributed by atoms with Crippen LogP contribution >= 0.6 is 11.8 Å². The number of amides is 3.